The molecule has 0 saturated carbocycles. The molecule has 63 valence electrons. The molecule has 0 heterocycles. The van der Waals surface area contributed by atoms with Gasteiger partial charge in [-0.05, 0) is 5.56 Å². The molecule has 1 aromatic carbocycles. The lowest BCUT2D eigenvalue weighted by molar-refractivity contribution is 1.01. The van der Waals surface area contributed by atoms with Crippen molar-refractivity contribution in [2.75, 3.05) is 7.05 Å². The quantitative estimate of drug-likeness (QED) is 0.506. The molecule has 0 saturated heterocycles. The van der Waals surface area contributed by atoms with Gasteiger partial charge in [0, 0.05) is 7.05 Å². The summed E-state index contributed by atoms with van der Waals surface area (Å²) in [6.07, 6.45) is 0. The van der Waals surface area contributed by atoms with E-state index < -0.39 is 0 Å². The van der Waals surface area contributed by atoms with Crippen LogP contribution in [0.15, 0.2) is 35.3 Å². The minimum Gasteiger partial charge on any atom is -0.368 e. The first-order valence-electron chi connectivity index (χ1n) is 3.76. The maximum absolute atomic E-state index is 5.40. The highest BCUT2D eigenvalue weighted by atomic mass is 15.1. The molecule has 0 unspecified atom stereocenters. The molecule has 0 fully saturated rings. The Morgan fingerprint density at radius 3 is 2.58 bits per heavy atom. The molecular formula is C9H12N3. The van der Waals surface area contributed by atoms with Crippen molar-refractivity contribution in [3.63, 3.8) is 0 Å². The SMILES string of the molecule is C[N]C(N)=NCc1ccccc1. The Morgan fingerprint density at radius 2 is 2.00 bits per heavy atom. The lowest BCUT2D eigenvalue weighted by atomic mass is 10.2. The van der Waals surface area contributed by atoms with E-state index in [9.17, 15) is 0 Å². The Bertz CT molecular complexity index is 254. The maximum atomic E-state index is 5.40. The van der Waals surface area contributed by atoms with Gasteiger partial charge in [0.2, 0.25) is 5.96 Å². The second-order valence-electron chi connectivity index (χ2n) is 2.38. The van der Waals surface area contributed by atoms with E-state index in [1.54, 1.807) is 7.05 Å². The number of hydrogen-bond acceptors (Lipinski definition) is 1. The van der Waals surface area contributed by atoms with Gasteiger partial charge in [-0.25, -0.2) is 4.99 Å². The van der Waals surface area contributed by atoms with Crippen LogP contribution in [-0.2, 0) is 6.54 Å². The van der Waals surface area contributed by atoms with E-state index in [2.05, 4.69) is 10.3 Å². The monoisotopic (exact) mass is 162 g/mol. The van der Waals surface area contributed by atoms with Gasteiger partial charge in [0.1, 0.15) is 0 Å². The van der Waals surface area contributed by atoms with Crippen LogP contribution in [0.3, 0.4) is 0 Å². The van der Waals surface area contributed by atoms with E-state index in [0.29, 0.717) is 12.5 Å². The van der Waals surface area contributed by atoms with Crippen LogP contribution >= 0.6 is 0 Å². The molecule has 0 bridgehead atoms. The highest BCUT2D eigenvalue weighted by Gasteiger charge is 1.89. The Kier molecular flexibility index (Phi) is 3.14. The molecule has 0 atom stereocenters. The summed E-state index contributed by atoms with van der Waals surface area (Å²) in [7, 11) is 1.63. The average Bonchev–Trinajstić information content (AvgIpc) is 2.16. The van der Waals surface area contributed by atoms with Gasteiger partial charge in [0.25, 0.3) is 0 Å². The molecule has 0 aliphatic heterocycles. The van der Waals surface area contributed by atoms with Crippen molar-refractivity contribution in [2.45, 2.75) is 6.54 Å². The molecule has 2 N–H and O–H groups in total. The van der Waals surface area contributed by atoms with Crippen molar-refractivity contribution in [3.05, 3.63) is 35.9 Å². The first-order chi connectivity index (χ1) is 5.83. The Hall–Kier alpha value is -1.51. The minimum absolute atomic E-state index is 0.346. The van der Waals surface area contributed by atoms with Crippen molar-refractivity contribution in [1.29, 1.82) is 0 Å². The molecule has 12 heavy (non-hydrogen) atoms. The molecular weight excluding hydrogens is 150 g/mol. The predicted molar refractivity (Wildman–Crippen MR) is 49.8 cm³/mol. The molecule has 0 aliphatic rings. The van der Waals surface area contributed by atoms with Crippen LogP contribution in [-0.4, -0.2) is 13.0 Å². The van der Waals surface area contributed by atoms with Crippen LogP contribution in [0, 0.1) is 0 Å². The van der Waals surface area contributed by atoms with E-state index >= 15 is 0 Å². The molecule has 0 amide bonds. The van der Waals surface area contributed by atoms with Gasteiger partial charge in [-0.2, -0.15) is 0 Å². The summed E-state index contributed by atoms with van der Waals surface area (Å²) in [6.45, 7) is 0.601. The van der Waals surface area contributed by atoms with Gasteiger partial charge in [-0.3, -0.25) is 5.32 Å². The Labute approximate surface area is 72.3 Å². The van der Waals surface area contributed by atoms with Crippen molar-refractivity contribution in [1.82, 2.24) is 5.32 Å². The smallest absolute Gasteiger partial charge is 0.210 e. The summed E-state index contributed by atoms with van der Waals surface area (Å²) in [5, 5.41) is 3.73. The lowest BCUT2D eigenvalue weighted by Gasteiger charge is -1.96. The summed E-state index contributed by atoms with van der Waals surface area (Å²) >= 11 is 0. The fourth-order valence-electron chi connectivity index (χ4n) is 0.826. The van der Waals surface area contributed by atoms with E-state index in [1.165, 1.54) is 0 Å². The summed E-state index contributed by atoms with van der Waals surface area (Å²) in [6, 6.07) is 9.94. The first kappa shape index (κ1) is 8.59. The van der Waals surface area contributed by atoms with Crippen LogP contribution in [0.5, 0.6) is 0 Å². The normalized spacial score (nSPS) is 11.2. The highest BCUT2D eigenvalue weighted by Crippen LogP contribution is 1.99. The predicted octanol–water partition coefficient (Wildman–Crippen LogP) is 0.735. The van der Waals surface area contributed by atoms with Crippen molar-refractivity contribution in [3.8, 4) is 0 Å². The Balaban J connectivity index is 2.54. The summed E-state index contributed by atoms with van der Waals surface area (Å²) < 4.78 is 0. The largest absolute Gasteiger partial charge is 0.368 e. The second kappa shape index (κ2) is 4.38. The fraction of sp³-hybridized carbons (Fsp3) is 0.222. The zero-order valence-corrected chi connectivity index (χ0v) is 7.07. The van der Waals surface area contributed by atoms with E-state index in [1.807, 2.05) is 30.3 Å². The number of hydrogen-bond donors (Lipinski definition) is 1. The van der Waals surface area contributed by atoms with Crippen LogP contribution in [0.2, 0.25) is 0 Å². The summed E-state index contributed by atoms with van der Waals surface area (Å²) in [5.41, 5.74) is 6.55. The first-order valence-corrected chi connectivity index (χ1v) is 3.76. The molecule has 1 radical (unpaired) electrons. The van der Waals surface area contributed by atoms with Crippen molar-refractivity contribution < 1.29 is 0 Å². The molecule has 3 nitrogen and oxygen atoms in total. The van der Waals surface area contributed by atoms with Gasteiger partial charge in [-0.15, -0.1) is 0 Å². The second-order valence-corrected chi connectivity index (χ2v) is 2.38. The van der Waals surface area contributed by atoms with Crippen LogP contribution in [0.1, 0.15) is 5.56 Å². The molecule has 0 aromatic heterocycles. The summed E-state index contributed by atoms with van der Waals surface area (Å²) in [4.78, 5) is 4.04. The molecule has 0 aliphatic carbocycles. The zero-order chi connectivity index (χ0) is 8.81. The maximum Gasteiger partial charge on any atom is 0.210 e. The molecule has 1 aromatic rings. The minimum atomic E-state index is 0.346. The van der Waals surface area contributed by atoms with Crippen LogP contribution in [0.4, 0.5) is 0 Å². The topological polar surface area (TPSA) is 52.5 Å². The van der Waals surface area contributed by atoms with Crippen molar-refractivity contribution in [2.24, 2.45) is 10.7 Å². The molecule has 3 heteroatoms. The van der Waals surface area contributed by atoms with Crippen LogP contribution in [0.25, 0.3) is 0 Å². The average molecular weight is 162 g/mol. The zero-order valence-electron chi connectivity index (χ0n) is 7.07. The van der Waals surface area contributed by atoms with Gasteiger partial charge in [0.05, 0.1) is 6.54 Å². The number of nitrogens with zero attached hydrogens (tertiary/aromatic N) is 2. The van der Waals surface area contributed by atoms with E-state index in [4.69, 9.17) is 5.73 Å². The fourth-order valence-corrected chi connectivity index (χ4v) is 0.826. The third-order valence-electron chi connectivity index (χ3n) is 1.50. The van der Waals surface area contributed by atoms with E-state index in [-0.39, 0.29) is 0 Å². The third kappa shape index (κ3) is 2.62. The van der Waals surface area contributed by atoms with E-state index in [0.717, 1.165) is 5.56 Å². The van der Waals surface area contributed by atoms with Gasteiger partial charge in [-0.1, -0.05) is 30.3 Å². The van der Waals surface area contributed by atoms with Crippen LogP contribution < -0.4 is 11.1 Å². The lowest BCUT2D eigenvalue weighted by Crippen LogP contribution is -2.21. The third-order valence-corrected chi connectivity index (χ3v) is 1.50. The number of nitrogens with two attached hydrogens (primary N) is 1. The number of aliphatic imine (C=N–C) groups is 1. The molecule has 0 spiro atoms. The Morgan fingerprint density at radius 1 is 1.33 bits per heavy atom. The number of rotatable bonds is 2. The number of benzene rings is 1. The summed E-state index contributed by atoms with van der Waals surface area (Å²) in [5.74, 6) is 0.346. The number of guanidine groups is 1. The standard InChI is InChI=1S/C9H12N3/c1-11-9(10)12-7-8-5-3-2-4-6-8/h2-6H,7H2,1H3,(H2,10,12). The highest BCUT2D eigenvalue weighted by molar-refractivity contribution is 5.77. The van der Waals surface area contributed by atoms with Gasteiger partial charge in [0.15, 0.2) is 0 Å². The molecule has 1 rings (SSSR count). The van der Waals surface area contributed by atoms with Gasteiger partial charge < -0.3 is 5.73 Å². The van der Waals surface area contributed by atoms with Crippen molar-refractivity contribution >= 4 is 5.96 Å². The van der Waals surface area contributed by atoms with Gasteiger partial charge >= 0.3 is 0 Å².